The maximum Gasteiger partial charge on any atom is 0.0472 e. The van der Waals surface area contributed by atoms with Crippen molar-refractivity contribution in [3.05, 3.63) is 27.4 Å². The zero-order chi connectivity index (χ0) is 10.9. The smallest absolute Gasteiger partial charge is 0.0472 e. The van der Waals surface area contributed by atoms with Crippen LogP contribution in [0.3, 0.4) is 0 Å². The summed E-state index contributed by atoms with van der Waals surface area (Å²) in [5.41, 5.74) is 3.98. The molecule has 1 aromatic carbocycles. The summed E-state index contributed by atoms with van der Waals surface area (Å²) in [7, 11) is 0. The van der Waals surface area contributed by atoms with Crippen molar-refractivity contribution >= 4 is 67.8 Å². The van der Waals surface area contributed by atoms with Gasteiger partial charge in [0.2, 0.25) is 0 Å². The van der Waals surface area contributed by atoms with Crippen molar-refractivity contribution in [2.24, 2.45) is 0 Å². The highest BCUT2D eigenvalue weighted by atomic mass is 127. The highest BCUT2D eigenvalue weighted by molar-refractivity contribution is 14.1. The minimum absolute atomic E-state index is 0.228. The number of aliphatic hydroxyl groups is 1. The van der Waals surface area contributed by atoms with E-state index in [-0.39, 0.29) is 6.61 Å². The van der Waals surface area contributed by atoms with E-state index in [9.17, 15) is 0 Å². The molecule has 0 atom stereocenters. The lowest BCUT2D eigenvalue weighted by Crippen LogP contribution is -2.04. The highest BCUT2D eigenvalue weighted by Crippen LogP contribution is 2.30. The van der Waals surface area contributed by atoms with E-state index in [4.69, 9.17) is 5.11 Å². The molecule has 0 radical (unpaired) electrons. The van der Waals surface area contributed by atoms with Crippen LogP contribution in [-0.2, 0) is 6.42 Å². The molecule has 4 heteroatoms. The van der Waals surface area contributed by atoms with Crippen molar-refractivity contribution in [1.29, 1.82) is 0 Å². The van der Waals surface area contributed by atoms with Gasteiger partial charge in [0.05, 0.1) is 0 Å². The van der Waals surface area contributed by atoms with Gasteiger partial charge in [0, 0.05) is 17.3 Å². The summed E-state index contributed by atoms with van der Waals surface area (Å²) in [6, 6.07) is 0. The van der Waals surface area contributed by atoms with Crippen LogP contribution in [0.4, 0.5) is 0 Å². The Morgan fingerprint density at radius 3 is 1.71 bits per heavy atom. The number of benzene rings is 1. The van der Waals surface area contributed by atoms with Crippen molar-refractivity contribution < 1.29 is 5.11 Å². The molecule has 1 N–H and O–H groups in total. The van der Waals surface area contributed by atoms with Gasteiger partial charge < -0.3 is 5.11 Å². The lowest BCUT2D eigenvalue weighted by atomic mass is 10.1. The number of aliphatic hydroxyl groups excluding tert-OH is 1. The molecular formula is C10H11I3O. The monoisotopic (exact) mass is 528 g/mol. The van der Waals surface area contributed by atoms with Gasteiger partial charge in [-0.15, -0.1) is 0 Å². The largest absolute Gasteiger partial charge is 0.396 e. The molecule has 0 saturated heterocycles. The van der Waals surface area contributed by atoms with Gasteiger partial charge in [0.15, 0.2) is 0 Å². The predicted octanol–water partition coefficient (Wildman–Crippen LogP) is 3.65. The van der Waals surface area contributed by atoms with Crippen molar-refractivity contribution in [1.82, 2.24) is 0 Å². The molecule has 14 heavy (non-hydrogen) atoms. The van der Waals surface area contributed by atoms with E-state index in [1.807, 2.05) is 0 Å². The Balaban J connectivity index is 3.43. The SMILES string of the molecule is Cc1c(I)c(C)c(I)c(CCO)c1I. The van der Waals surface area contributed by atoms with Gasteiger partial charge in [-0.1, -0.05) is 0 Å². The zero-order valence-electron chi connectivity index (χ0n) is 8.00. The summed E-state index contributed by atoms with van der Waals surface area (Å²) in [6.07, 6.45) is 0.759. The Kier molecular flexibility index (Phi) is 5.40. The molecule has 0 spiro atoms. The molecule has 0 bridgehead atoms. The number of halogens is 3. The molecule has 78 valence electrons. The van der Waals surface area contributed by atoms with Gasteiger partial charge in [0.25, 0.3) is 0 Å². The summed E-state index contributed by atoms with van der Waals surface area (Å²) in [5, 5.41) is 9.01. The standard InChI is InChI=1S/C10H11I3O/c1-5-8(11)6(2)10(13)7(3-4-14)9(5)12/h14H,3-4H2,1-2H3. The van der Waals surface area contributed by atoms with Gasteiger partial charge in [-0.25, -0.2) is 0 Å². The first-order valence-corrected chi connectivity index (χ1v) is 7.47. The van der Waals surface area contributed by atoms with Crippen LogP contribution in [0.15, 0.2) is 0 Å². The van der Waals surface area contributed by atoms with E-state index in [1.165, 1.54) is 27.4 Å². The van der Waals surface area contributed by atoms with E-state index < -0.39 is 0 Å². The molecule has 0 heterocycles. The fraction of sp³-hybridized carbons (Fsp3) is 0.400. The van der Waals surface area contributed by atoms with Gasteiger partial charge >= 0.3 is 0 Å². The molecular weight excluding hydrogens is 517 g/mol. The molecule has 0 saturated carbocycles. The summed E-state index contributed by atoms with van der Waals surface area (Å²) in [4.78, 5) is 0. The fourth-order valence-electron chi connectivity index (χ4n) is 1.35. The molecule has 1 nitrogen and oxygen atoms in total. The molecule has 0 aliphatic heterocycles. The van der Waals surface area contributed by atoms with Gasteiger partial charge in [-0.3, -0.25) is 0 Å². The van der Waals surface area contributed by atoms with Gasteiger partial charge in [-0.05, 0) is 105 Å². The van der Waals surface area contributed by atoms with E-state index in [2.05, 4.69) is 81.6 Å². The third kappa shape index (κ3) is 2.54. The van der Waals surface area contributed by atoms with Crippen molar-refractivity contribution in [3.63, 3.8) is 0 Å². The average molecular weight is 528 g/mol. The van der Waals surface area contributed by atoms with E-state index in [1.54, 1.807) is 0 Å². The van der Waals surface area contributed by atoms with E-state index in [0.717, 1.165) is 6.42 Å². The van der Waals surface area contributed by atoms with Crippen LogP contribution in [-0.4, -0.2) is 11.7 Å². The summed E-state index contributed by atoms with van der Waals surface area (Å²) >= 11 is 7.14. The third-order valence-electron chi connectivity index (χ3n) is 2.21. The maximum atomic E-state index is 9.01. The predicted molar refractivity (Wildman–Crippen MR) is 84.9 cm³/mol. The van der Waals surface area contributed by atoms with Crippen LogP contribution < -0.4 is 0 Å². The molecule has 0 aromatic heterocycles. The van der Waals surface area contributed by atoms with Crippen molar-refractivity contribution in [2.75, 3.05) is 6.61 Å². The zero-order valence-corrected chi connectivity index (χ0v) is 14.5. The first-order valence-electron chi connectivity index (χ1n) is 4.24. The van der Waals surface area contributed by atoms with Crippen LogP contribution in [0, 0.1) is 24.6 Å². The van der Waals surface area contributed by atoms with Crippen molar-refractivity contribution in [3.8, 4) is 0 Å². The van der Waals surface area contributed by atoms with E-state index >= 15 is 0 Å². The quantitative estimate of drug-likeness (QED) is 0.582. The fourth-order valence-corrected chi connectivity index (χ4v) is 5.06. The molecule has 0 aliphatic rings. The first kappa shape index (κ1) is 13.4. The van der Waals surface area contributed by atoms with Gasteiger partial charge in [-0.2, -0.15) is 0 Å². The molecule has 0 amide bonds. The lowest BCUT2D eigenvalue weighted by molar-refractivity contribution is 0.299. The summed E-state index contributed by atoms with van der Waals surface area (Å²) in [5.74, 6) is 0. The second-order valence-corrected chi connectivity index (χ2v) is 6.38. The Hall–Kier alpha value is 1.37. The van der Waals surface area contributed by atoms with Crippen LogP contribution in [0.1, 0.15) is 16.7 Å². The molecule has 0 fully saturated rings. The van der Waals surface area contributed by atoms with Gasteiger partial charge in [0.1, 0.15) is 0 Å². The average Bonchev–Trinajstić information content (AvgIpc) is 2.19. The normalized spacial score (nSPS) is 10.7. The van der Waals surface area contributed by atoms with Crippen LogP contribution >= 0.6 is 67.8 Å². The van der Waals surface area contributed by atoms with Crippen molar-refractivity contribution in [2.45, 2.75) is 20.3 Å². The highest BCUT2D eigenvalue weighted by Gasteiger charge is 2.14. The Morgan fingerprint density at radius 2 is 1.36 bits per heavy atom. The minimum atomic E-state index is 0.228. The van der Waals surface area contributed by atoms with Crippen LogP contribution in [0.25, 0.3) is 0 Å². The molecule has 1 rings (SSSR count). The Morgan fingerprint density at radius 1 is 0.929 bits per heavy atom. The minimum Gasteiger partial charge on any atom is -0.396 e. The summed E-state index contributed by atoms with van der Waals surface area (Å²) in [6.45, 7) is 4.52. The first-order chi connectivity index (χ1) is 6.50. The summed E-state index contributed by atoms with van der Waals surface area (Å²) < 4.78 is 3.95. The second kappa shape index (κ2) is 5.62. The van der Waals surface area contributed by atoms with E-state index in [0.29, 0.717) is 0 Å². The topological polar surface area (TPSA) is 20.2 Å². The Labute approximate surface area is 125 Å². The lowest BCUT2D eigenvalue weighted by Gasteiger charge is -2.14. The molecule has 1 aromatic rings. The maximum absolute atomic E-state index is 9.01. The number of hydrogen-bond donors (Lipinski definition) is 1. The van der Waals surface area contributed by atoms with Crippen LogP contribution in [0.5, 0.6) is 0 Å². The molecule has 0 aliphatic carbocycles. The Bertz CT molecular complexity index is 332. The second-order valence-electron chi connectivity index (χ2n) is 3.14. The number of rotatable bonds is 2. The number of hydrogen-bond acceptors (Lipinski definition) is 1. The van der Waals surface area contributed by atoms with Crippen LogP contribution in [0.2, 0.25) is 0 Å². The third-order valence-corrected chi connectivity index (χ3v) is 6.75. The molecule has 0 unspecified atom stereocenters.